The zero-order valence-corrected chi connectivity index (χ0v) is 20.4. The average Bonchev–Trinajstić information content (AvgIpc) is 2.79. The maximum Gasteiger partial charge on any atom is 0.338 e. The fraction of sp³-hybridized carbons (Fsp3) is 0.130. The third kappa shape index (κ3) is 6.58. The van der Waals surface area contributed by atoms with Crippen molar-refractivity contribution in [1.29, 1.82) is 0 Å². The maximum absolute atomic E-state index is 13.0. The Labute approximate surface area is 203 Å². The summed E-state index contributed by atoms with van der Waals surface area (Å²) in [5, 5.41) is 2.27. The molecule has 0 saturated carbocycles. The monoisotopic (exact) mass is 517 g/mol. The van der Waals surface area contributed by atoms with Crippen molar-refractivity contribution in [2.24, 2.45) is 0 Å². The van der Waals surface area contributed by atoms with Crippen LogP contribution in [0.4, 0.5) is 16.2 Å². The van der Waals surface area contributed by atoms with Gasteiger partial charge < -0.3 is 10.1 Å². The van der Waals surface area contributed by atoms with Crippen molar-refractivity contribution in [1.82, 2.24) is 4.72 Å². The van der Waals surface area contributed by atoms with Crippen LogP contribution in [0.25, 0.3) is 0 Å². The summed E-state index contributed by atoms with van der Waals surface area (Å²) in [6.07, 6.45) is 0. The van der Waals surface area contributed by atoms with E-state index in [0.29, 0.717) is 5.56 Å². The quantitative estimate of drug-likeness (QED) is 0.388. The Morgan fingerprint density at radius 2 is 1.54 bits per heavy atom. The minimum absolute atomic E-state index is 0.110. The predicted octanol–water partition coefficient (Wildman–Crippen LogP) is 3.48. The number of amides is 2. The zero-order chi connectivity index (χ0) is 25.6. The second-order valence-electron chi connectivity index (χ2n) is 7.28. The van der Waals surface area contributed by atoms with Crippen molar-refractivity contribution in [3.05, 3.63) is 83.9 Å². The number of benzene rings is 3. The van der Waals surface area contributed by atoms with Gasteiger partial charge in [0.15, 0.2) is 0 Å². The number of esters is 1. The van der Waals surface area contributed by atoms with Gasteiger partial charge in [0.25, 0.3) is 20.0 Å². The molecule has 0 aliphatic rings. The Morgan fingerprint density at radius 1 is 0.857 bits per heavy atom. The topological polar surface area (TPSA) is 148 Å². The molecule has 0 unspecified atom stereocenters. The maximum atomic E-state index is 13.0. The summed E-state index contributed by atoms with van der Waals surface area (Å²) >= 11 is 0. The molecule has 35 heavy (non-hydrogen) atoms. The summed E-state index contributed by atoms with van der Waals surface area (Å²) < 4.78 is 60.0. The molecule has 0 spiro atoms. The summed E-state index contributed by atoms with van der Waals surface area (Å²) in [4.78, 5) is 23.8. The molecule has 0 aromatic heterocycles. The molecule has 0 heterocycles. The number of sulfonamides is 2. The van der Waals surface area contributed by atoms with E-state index in [0.717, 1.165) is 0 Å². The number of para-hydroxylation sites is 1. The molecule has 0 aliphatic heterocycles. The number of hydrogen-bond acceptors (Lipinski definition) is 7. The number of rotatable bonds is 8. The number of carbonyl (C=O) groups excluding carboxylic acids is 2. The molecule has 0 aliphatic carbocycles. The van der Waals surface area contributed by atoms with E-state index < -0.39 is 32.0 Å². The van der Waals surface area contributed by atoms with Crippen molar-refractivity contribution in [2.45, 2.75) is 23.6 Å². The van der Waals surface area contributed by atoms with Crippen molar-refractivity contribution in [3.63, 3.8) is 0 Å². The lowest BCUT2D eigenvalue weighted by atomic mass is 10.2. The number of nitrogens with one attached hydrogen (secondary N) is 3. The molecule has 12 heteroatoms. The number of aryl methyl sites for hydroxylation is 1. The highest BCUT2D eigenvalue weighted by Gasteiger charge is 2.22. The number of urea groups is 1. The molecule has 0 atom stereocenters. The van der Waals surface area contributed by atoms with E-state index >= 15 is 0 Å². The van der Waals surface area contributed by atoms with Crippen molar-refractivity contribution in [2.75, 3.05) is 16.6 Å². The minimum Gasteiger partial charge on any atom is -0.462 e. The van der Waals surface area contributed by atoms with Crippen LogP contribution >= 0.6 is 0 Å². The van der Waals surface area contributed by atoms with Gasteiger partial charge in [-0.25, -0.2) is 31.1 Å². The van der Waals surface area contributed by atoms with E-state index in [1.165, 1.54) is 66.7 Å². The summed E-state index contributed by atoms with van der Waals surface area (Å²) in [6, 6.07) is 15.9. The molecule has 0 bridgehead atoms. The highest BCUT2D eigenvalue weighted by Crippen LogP contribution is 2.24. The lowest BCUT2D eigenvalue weighted by molar-refractivity contribution is 0.0526. The van der Waals surface area contributed by atoms with Gasteiger partial charge in [-0.3, -0.25) is 4.72 Å². The molecule has 3 N–H and O–H groups in total. The van der Waals surface area contributed by atoms with Gasteiger partial charge in [-0.1, -0.05) is 24.3 Å². The Balaban J connectivity index is 1.78. The van der Waals surface area contributed by atoms with Crippen LogP contribution in [0, 0.1) is 6.92 Å². The van der Waals surface area contributed by atoms with Gasteiger partial charge in [0.2, 0.25) is 0 Å². The van der Waals surface area contributed by atoms with Gasteiger partial charge in [-0.15, -0.1) is 0 Å². The highest BCUT2D eigenvalue weighted by atomic mass is 32.2. The first-order valence-electron chi connectivity index (χ1n) is 10.3. The summed E-state index contributed by atoms with van der Waals surface area (Å²) in [7, 11) is -8.37. The van der Waals surface area contributed by atoms with Crippen LogP contribution in [0.15, 0.2) is 82.6 Å². The van der Waals surface area contributed by atoms with Crippen LogP contribution in [0.1, 0.15) is 22.8 Å². The van der Waals surface area contributed by atoms with Gasteiger partial charge in [0.05, 0.1) is 22.8 Å². The van der Waals surface area contributed by atoms with Gasteiger partial charge in [0.1, 0.15) is 4.90 Å². The SMILES string of the molecule is CCOC(=O)c1ccc(NS(=O)(=O)c2ccccc2NC(=O)NS(=O)(=O)c2cccc(C)c2)cc1. The van der Waals surface area contributed by atoms with Crippen molar-refractivity contribution in [3.8, 4) is 0 Å². The van der Waals surface area contributed by atoms with E-state index in [1.54, 1.807) is 19.9 Å². The van der Waals surface area contributed by atoms with E-state index in [9.17, 15) is 26.4 Å². The summed E-state index contributed by atoms with van der Waals surface area (Å²) in [5.74, 6) is -0.539. The minimum atomic E-state index is -4.19. The third-order valence-corrected chi connectivity index (χ3v) is 7.37. The Hall–Kier alpha value is -3.90. The van der Waals surface area contributed by atoms with Crippen molar-refractivity contribution < 1.29 is 31.2 Å². The lowest BCUT2D eigenvalue weighted by Crippen LogP contribution is -2.34. The Morgan fingerprint density at radius 3 is 2.20 bits per heavy atom. The predicted molar refractivity (Wildman–Crippen MR) is 130 cm³/mol. The smallest absolute Gasteiger partial charge is 0.338 e. The molecule has 2 amide bonds. The molecular formula is C23H23N3O7S2. The molecule has 10 nitrogen and oxygen atoms in total. The van der Waals surface area contributed by atoms with Gasteiger partial charge in [-0.2, -0.15) is 0 Å². The molecular weight excluding hydrogens is 494 g/mol. The number of carbonyl (C=O) groups is 2. The largest absolute Gasteiger partial charge is 0.462 e. The molecule has 3 rings (SSSR count). The van der Waals surface area contributed by atoms with Crippen LogP contribution in [-0.2, 0) is 24.8 Å². The summed E-state index contributed by atoms with van der Waals surface area (Å²) in [5.41, 5.74) is 0.967. The highest BCUT2D eigenvalue weighted by molar-refractivity contribution is 7.93. The average molecular weight is 518 g/mol. The van der Waals surface area contributed by atoms with E-state index in [-0.39, 0.29) is 33.3 Å². The van der Waals surface area contributed by atoms with Crippen LogP contribution in [0.3, 0.4) is 0 Å². The van der Waals surface area contributed by atoms with E-state index in [1.807, 2.05) is 4.72 Å². The van der Waals surface area contributed by atoms with Gasteiger partial charge >= 0.3 is 12.0 Å². The Kier molecular flexibility index (Phi) is 7.77. The molecule has 3 aromatic rings. The van der Waals surface area contributed by atoms with Crippen LogP contribution in [0.2, 0.25) is 0 Å². The van der Waals surface area contributed by atoms with Crippen molar-refractivity contribution >= 4 is 43.4 Å². The zero-order valence-electron chi connectivity index (χ0n) is 18.8. The fourth-order valence-electron chi connectivity index (χ4n) is 3.01. The second-order valence-corrected chi connectivity index (χ2v) is 10.6. The van der Waals surface area contributed by atoms with Gasteiger partial charge in [0, 0.05) is 5.69 Å². The number of hydrogen-bond donors (Lipinski definition) is 3. The van der Waals surface area contributed by atoms with Crippen LogP contribution < -0.4 is 14.8 Å². The number of anilines is 2. The van der Waals surface area contributed by atoms with Crippen LogP contribution in [0.5, 0.6) is 0 Å². The second kappa shape index (κ2) is 10.6. The lowest BCUT2D eigenvalue weighted by Gasteiger charge is -2.14. The third-order valence-electron chi connectivity index (χ3n) is 4.60. The molecule has 184 valence electrons. The van der Waals surface area contributed by atoms with E-state index in [4.69, 9.17) is 4.74 Å². The fourth-order valence-corrected chi connectivity index (χ4v) is 5.25. The van der Waals surface area contributed by atoms with Gasteiger partial charge in [-0.05, 0) is 67.9 Å². The molecule has 0 saturated heterocycles. The first-order valence-corrected chi connectivity index (χ1v) is 13.3. The first-order chi connectivity index (χ1) is 16.5. The van der Waals surface area contributed by atoms with E-state index in [2.05, 4.69) is 10.0 Å². The van der Waals surface area contributed by atoms with Crippen LogP contribution in [-0.4, -0.2) is 35.4 Å². The standard InChI is InChI=1S/C23H23N3O7S2/c1-3-33-22(27)17-11-13-18(14-12-17)25-35(31,32)21-10-5-4-9-20(21)24-23(28)26-34(29,30)19-8-6-7-16(2)15-19/h4-15,25H,3H2,1-2H3,(H2,24,26,28). The normalized spacial score (nSPS) is 11.4. The number of ether oxygens (including phenoxy) is 1. The summed E-state index contributed by atoms with van der Waals surface area (Å²) in [6.45, 7) is 3.58. The molecule has 0 fully saturated rings. The molecule has 0 radical (unpaired) electrons. The Bertz CT molecular complexity index is 1450. The molecule has 3 aromatic carbocycles. The first kappa shape index (κ1) is 25.7.